The molecule has 0 atom stereocenters. The maximum atomic E-state index is 10.1. The number of nitrogens with one attached hydrogen (secondary N) is 1. The first-order valence-corrected chi connectivity index (χ1v) is 7.23. The third kappa shape index (κ3) is 3.52. The van der Waals surface area contributed by atoms with Crippen LogP contribution in [0.4, 0.5) is 5.69 Å². The van der Waals surface area contributed by atoms with E-state index in [4.69, 9.17) is 34.8 Å². The minimum absolute atomic E-state index is 0.0465. The number of hydrogen-bond acceptors (Lipinski definition) is 4. The van der Waals surface area contributed by atoms with E-state index in [0.717, 1.165) is 0 Å². The van der Waals surface area contributed by atoms with Crippen molar-refractivity contribution in [3.63, 3.8) is 0 Å². The zero-order valence-corrected chi connectivity index (χ0v) is 13.4. The first-order valence-electron chi connectivity index (χ1n) is 6.09. The summed E-state index contributed by atoms with van der Waals surface area (Å²) in [6, 6.07) is 3.15. The molecule has 4 nitrogen and oxygen atoms in total. The molecule has 112 valence electrons. The summed E-state index contributed by atoms with van der Waals surface area (Å²) >= 11 is 17.9. The number of aliphatic hydroxyl groups excluding tert-OH is 1. The molecular weight excluding hydrogens is 335 g/mol. The largest absolute Gasteiger partial charge is 0.506 e. The first kappa shape index (κ1) is 16.2. The molecule has 0 fully saturated rings. The number of aliphatic hydroxyl groups is 1. The second-order valence-corrected chi connectivity index (χ2v) is 5.68. The van der Waals surface area contributed by atoms with Crippen LogP contribution in [0.2, 0.25) is 15.1 Å². The van der Waals surface area contributed by atoms with Crippen molar-refractivity contribution in [3.8, 4) is 5.75 Å². The van der Waals surface area contributed by atoms with Crippen molar-refractivity contribution in [1.82, 2.24) is 4.98 Å². The van der Waals surface area contributed by atoms with Gasteiger partial charge >= 0.3 is 0 Å². The Morgan fingerprint density at radius 2 is 1.81 bits per heavy atom. The zero-order chi connectivity index (χ0) is 15.6. The molecule has 3 N–H and O–H groups in total. The van der Waals surface area contributed by atoms with Gasteiger partial charge in [0.1, 0.15) is 5.75 Å². The Morgan fingerprint density at radius 3 is 2.48 bits per heavy atom. The second-order valence-electron chi connectivity index (χ2n) is 4.45. The maximum Gasteiger partial charge on any atom is 0.142 e. The van der Waals surface area contributed by atoms with Crippen LogP contribution in [0.1, 0.15) is 16.8 Å². The number of rotatable bonds is 4. The fourth-order valence-corrected chi connectivity index (χ4v) is 2.47. The molecule has 0 aliphatic rings. The summed E-state index contributed by atoms with van der Waals surface area (Å²) in [5.41, 5.74) is 2.18. The SMILES string of the molecule is Cc1ncc(CO)c(CNc2cc(Cl)c(Cl)cc2Cl)c1O. The molecule has 1 heterocycles. The van der Waals surface area contributed by atoms with Crippen LogP contribution in [-0.2, 0) is 13.2 Å². The molecule has 0 aliphatic carbocycles. The van der Waals surface area contributed by atoms with E-state index in [0.29, 0.717) is 37.6 Å². The minimum atomic E-state index is -0.215. The van der Waals surface area contributed by atoms with E-state index in [1.807, 2.05) is 0 Å². The summed E-state index contributed by atoms with van der Waals surface area (Å²) < 4.78 is 0. The first-order chi connectivity index (χ1) is 9.93. The van der Waals surface area contributed by atoms with Gasteiger partial charge in [-0.2, -0.15) is 0 Å². The van der Waals surface area contributed by atoms with E-state index in [9.17, 15) is 10.2 Å². The highest BCUT2D eigenvalue weighted by molar-refractivity contribution is 6.44. The average molecular weight is 348 g/mol. The van der Waals surface area contributed by atoms with E-state index in [2.05, 4.69) is 10.3 Å². The van der Waals surface area contributed by atoms with Crippen LogP contribution in [-0.4, -0.2) is 15.2 Å². The molecule has 0 saturated carbocycles. The topological polar surface area (TPSA) is 65.4 Å². The van der Waals surface area contributed by atoms with Gasteiger partial charge < -0.3 is 15.5 Å². The number of benzene rings is 1. The van der Waals surface area contributed by atoms with Gasteiger partial charge in [0, 0.05) is 23.9 Å². The van der Waals surface area contributed by atoms with Crippen LogP contribution in [0.25, 0.3) is 0 Å². The van der Waals surface area contributed by atoms with Crippen molar-refractivity contribution in [3.05, 3.63) is 50.2 Å². The van der Waals surface area contributed by atoms with Crippen molar-refractivity contribution in [2.75, 3.05) is 5.32 Å². The fourth-order valence-electron chi connectivity index (χ4n) is 1.86. The summed E-state index contributed by atoms with van der Waals surface area (Å²) in [5, 5.41) is 23.6. The average Bonchev–Trinajstić information content (AvgIpc) is 2.45. The molecule has 1 aromatic heterocycles. The van der Waals surface area contributed by atoms with Crippen LogP contribution in [0.15, 0.2) is 18.3 Å². The summed E-state index contributed by atoms with van der Waals surface area (Å²) in [6.07, 6.45) is 1.53. The molecule has 0 spiro atoms. The Morgan fingerprint density at radius 1 is 1.14 bits per heavy atom. The Kier molecular flexibility index (Phi) is 5.17. The van der Waals surface area contributed by atoms with Gasteiger partial charge in [-0.05, 0) is 19.1 Å². The van der Waals surface area contributed by atoms with E-state index in [-0.39, 0.29) is 18.9 Å². The van der Waals surface area contributed by atoms with E-state index < -0.39 is 0 Å². The highest BCUT2D eigenvalue weighted by Crippen LogP contribution is 2.33. The zero-order valence-electron chi connectivity index (χ0n) is 11.1. The number of hydrogen-bond donors (Lipinski definition) is 3. The van der Waals surface area contributed by atoms with Crippen molar-refractivity contribution in [2.45, 2.75) is 20.1 Å². The van der Waals surface area contributed by atoms with E-state index >= 15 is 0 Å². The molecule has 0 saturated heterocycles. The molecule has 21 heavy (non-hydrogen) atoms. The molecule has 0 bridgehead atoms. The number of nitrogens with zero attached hydrogens (tertiary/aromatic N) is 1. The van der Waals surface area contributed by atoms with Gasteiger partial charge in [-0.3, -0.25) is 4.98 Å². The molecule has 0 unspecified atom stereocenters. The fraction of sp³-hybridized carbons (Fsp3) is 0.214. The van der Waals surface area contributed by atoms with Crippen LogP contribution < -0.4 is 5.32 Å². The predicted octanol–water partition coefficient (Wildman–Crippen LogP) is 4.16. The van der Waals surface area contributed by atoms with Gasteiger partial charge in [0.15, 0.2) is 0 Å². The lowest BCUT2D eigenvalue weighted by atomic mass is 10.1. The lowest BCUT2D eigenvalue weighted by Gasteiger charge is -2.14. The van der Waals surface area contributed by atoms with Crippen molar-refractivity contribution >= 4 is 40.5 Å². The Bertz CT molecular complexity index is 678. The van der Waals surface area contributed by atoms with Gasteiger partial charge in [0.05, 0.1) is 33.1 Å². The monoisotopic (exact) mass is 346 g/mol. The Labute approximate surface area is 137 Å². The molecule has 2 rings (SSSR count). The lowest BCUT2D eigenvalue weighted by Crippen LogP contribution is -2.06. The van der Waals surface area contributed by atoms with Crippen molar-refractivity contribution in [1.29, 1.82) is 0 Å². The van der Waals surface area contributed by atoms with E-state index in [1.165, 1.54) is 6.20 Å². The molecule has 1 aromatic carbocycles. The Hall–Kier alpha value is -1.20. The van der Waals surface area contributed by atoms with Crippen LogP contribution in [0, 0.1) is 6.92 Å². The summed E-state index contributed by atoms with van der Waals surface area (Å²) in [6.45, 7) is 1.74. The predicted molar refractivity (Wildman–Crippen MR) is 85.4 cm³/mol. The number of aryl methyl sites for hydroxylation is 1. The van der Waals surface area contributed by atoms with Gasteiger partial charge in [-0.25, -0.2) is 0 Å². The smallest absolute Gasteiger partial charge is 0.142 e. The van der Waals surface area contributed by atoms with Crippen LogP contribution >= 0.6 is 34.8 Å². The molecule has 7 heteroatoms. The number of pyridine rings is 1. The van der Waals surface area contributed by atoms with Crippen molar-refractivity contribution < 1.29 is 10.2 Å². The van der Waals surface area contributed by atoms with Gasteiger partial charge in [-0.15, -0.1) is 0 Å². The summed E-state index contributed by atoms with van der Waals surface area (Å²) in [5.74, 6) is 0.0465. The van der Waals surface area contributed by atoms with Gasteiger partial charge in [0.2, 0.25) is 0 Å². The quantitative estimate of drug-likeness (QED) is 0.727. The molecule has 2 aromatic rings. The van der Waals surface area contributed by atoms with Gasteiger partial charge in [0.25, 0.3) is 0 Å². The van der Waals surface area contributed by atoms with Crippen molar-refractivity contribution in [2.24, 2.45) is 0 Å². The minimum Gasteiger partial charge on any atom is -0.506 e. The molecule has 0 amide bonds. The number of anilines is 1. The highest BCUT2D eigenvalue weighted by Gasteiger charge is 2.12. The molecule has 0 aliphatic heterocycles. The summed E-state index contributed by atoms with van der Waals surface area (Å²) in [7, 11) is 0. The lowest BCUT2D eigenvalue weighted by molar-refractivity contribution is 0.279. The number of halogens is 3. The molecular formula is C14H13Cl3N2O2. The molecule has 0 radical (unpaired) electrons. The second kappa shape index (κ2) is 6.71. The van der Waals surface area contributed by atoms with E-state index in [1.54, 1.807) is 19.1 Å². The third-order valence-electron chi connectivity index (χ3n) is 3.07. The maximum absolute atomic E-state index is 10.1. The van der Waals surface area contributed by atoms with Crippen LogP contribution in [0.3, 0.4) is 0 Å². The third-order valence-corrected chi connectivity index (χ3v) is 4.10. The summed E-state index contributed by atoms with van der Waals surface area (Å²) in [4.78, 5) is 4.01. The number of aromatic nitrogens is 1. The van der Waals surface area contributed by atoms with Crippen LogP contribution in [0.5, 0.6) is 5.75 Å². The number of aromatic hydroxyl groups is 1. The van der Waals surface area contributed by atoms with Gasteiger partial charge in [-0.1, -0.05) is 34.8 Å². The standard InChI is InChI=1S/C14H13Cl3N2O2/c1-7-14(21)9(8(6-20)4-18-7)5-19-13-3-11(16)10(15)2-12(13)17/h2-4,19-21H,5-6H2,1H3. The normalized spacial score (nSPS) is 10.7. The Balaban J connectivity index is 2.28. The highest BCUT2D eigenvalue weighted by atomic mass is 35.5.